The second-order valence-corrected chi connectivity index (χ2v) is 8.13. The van der Waals surface area contributed by atoms with Gasteiger partial charge in [-0.1, -0.05) is 12.1 Å². The molecule has 0 unspecified atom stereocenters. The van der Waals surface area contributed by atoms with E-state index in [1.54, 1.807) is 65.8 Å². The number of para-hydroxylation sites is 1. The Morgan fingerprint density at radius 3 is 2.67 bits per heavy atom. The molecule has 1 aliphatic rings. The summed E-state index contributed by atoms with van der Waals surface area (Å²) >= 11 is 0. The maximum atomic E-state index is 12.5. The van der Waals surface area contributed by atoms with Crippen LogP contribution < -0.4 is 15.8 Å². The van der Waals surface area contributed by atoms with E-state index in [-0.39, 0.29) is 12.5 Å². The molecule has 1 saturated heterocycles. The molecule has 0 radical (unpaired) electrons. The number of aromatic nitrogens is 3. The van der Waals surface area contributed by atoms with Gasteiger partial charge in [0.05, 0.1) is 30.0 Å². The van der Waals surface area contributed by atoms with Gasteiger partial charge in [-0.25, -0.2) is 9.97 Å². The van der Waals surface area contributed by atoms with E-state index in [4.69, 9.17) is 20.2 Å². The van der Waals surface area contributed by atoms with Crippen LogP contribution in [0.1, 0.15) is 10.4 Å². The van der Waals surface area contributed by atoms with E-state index in [9.17, 15) is 9.59 Å². The summed E-state index contributed by atoms with van der Waals surface area (Å²) in [7, 11) is 0. The van der Waals surface area contributed by atoms with E-state index in [2.05, 4.69) is 15.3 Å². The zero-order chi connectivity index (χ0) is 24.9. The van der Waals surface area contributed by atoms with Crippen molar-refractivity contribution < 1.29 is 19.1 Å². The van der Waals surface area contributed by atoms with Gasteiger partial charge in [-0.2, -0.15) is 0 Å². The minimum absolute atomic E-state index is 0.0899. The number of primary amides is 1. The summed E-state index contributed by atoms with van der Waals surface area (Å²) in [5.74, 6) is 0.751. The van der Waals surface area contributed by atoms with Gasteiger partial charge in [0.1, 0.15) is 11.6 Å². The standard InChI is InChI=1S/C26H24N6O4/c27-24(34)19-5-1-2-6-21(19)30-26-20-14-18(36-16-23(33)32-10-12-35-13-11-32)7-8-22(20)29-25(31-26)17-4-3-9-28-15-17/h1-9,14-15H,10-13,16H2,(H2,27,34)(H,29,30,31). The predicted molar refractivity (Wildman–Crippen MR) is 134 cm³/mol. The normalized spacial score (nSPS) is 13.4. The van der Waals surface area contributed by atoms with Crippen LogP contribution in [0.15, 0.2) is 67.0 Å². The van der Waals surface area contributed by atoms with Gasteiger partial charge in [0, 0.05) is 36.4 Å². The van der Waals surface area contributed by atoms with Crippen LogP contribution in [0.2, 0.25) is 0 Å². The third kappa shape index (κ3) is 5.08. The Kier molecular flexibility index (Phi) is 6.67. The molecule has 0 spiro atoms. The van der Waals surface area contributed by atoms with Crippen molar-refractivity contribution in [1.82, 2.24) is 19.9 Å². The summed E-state index contributed by atoms with van der Waals surface area (Å²) < 4.78 is 11.1. The molecule has 2 aromatic carbocycles. The number of nitrogens with zero attached hydrogens (tertiary/aromatic N) is 4. The summed E-state index contributed by atoms with van der Waals surface area (Å²) in [5.41, 5.74) is 7.80. The van der Waals surface area contributed by atoms with Crippen LogP contribution >= 0.6 is 0 Å². The van der Waals surface area contributed by atoms with Crippen LogP contribution in [-0.4, -0.2) is 64.6 Å². The Morgan fingerprint density at radius 2 is 1.89 bits per heavy atom. The molecule has 1 aliphatic heterocycles. The molecule has 5 rings (SSSR count). The highest BCUT2D eigenvalue weighted by molar-refractivity contribution is 6.01. The van der Waals surface area contributed by atoms with Gasteiger partial charge >= 0.3 is 0 Å². The molecular weight excluding hydrogens is 460 g/mol. The number of nitrogens with two attached hydrogens (primary N) is 1. The molecule has 10 nitrogen and oxygen atoms in total. The summed E-state index contributed by atoms with van der Waals surface area (Å²) in [6, 6.07) is 15.9. The van der Waals surface area contributed by atoms with Crippen molar-refractivity contribution in [2.45, 2.75) is 0 Å². The Labute approximate surface area is 207 Å². The van der Waals surface area contributed by atoms with Crippen molar-refractivity contribution in [1.29, 1.82) is 0 Å². The summed E-state index contributed by atoms with van der Waals surface area (Å²) in [4.78, 5) is 39.8. The van der Waals surface area contributed by atoms with E-state index < -0.39 is 5.91 Å². The number of nitrogens with one attached hydrogen (secondary N) is 1. The molecule has 182 valence electrons. The molecule has 0 saturated carbocycles. The highest BCUT2D eigenvalue weighted by Gasteiger charge is 2.18. The molecular formula is C26H24N6O4. The quantitative estimate of drug-likeness (QED) is 0.409. The number of hydrogen-bond donors (Lipinski definition) is 2. The lowest BCUT2D eigenvalue weighted by Gasteiger charge is -2.26. The SMILES string of the molecule is NC(=O)c1ccccc1Nc1nc(-c2cccnc2)nc2ccc(OCC(=O)N3CCOCC3)cc12. The minimum atomic E-state index is -0.561. The zero-order valence-electron chi connectivity index (χ0n) is 19.4. The first kappa shape index (κ1) is 23.2. The van der Waals surface area contributed by atoms with Gasteiger partial charge < -0.3 is 25.4 Å². The van der Waals surface area contributed by atoms with Crippen molar-refractivity contribution in [2.24, 2.45) is 5.73 Å². The van der Waals surface area contributed by atoms with Crippen molar-refractivity contribution in [3.63, 3.8) is 0 Å². The molecule has 36 heavy (non-hydrogen) atoms. The number of anilines is 2. The Morgan fingerprint density at radius 1 is 1.06 bits per heavy atom. The van der Waals surface area contributed by atoms with Crippen molar-refractivity contribution in [3.8, 4) is 17.1 Å². The number of morpholine rings is 1. The summed E-state index contributed by atoms with van der Waals surface area (Å²) in [6.07, 6.45) is 3.35. The zero-order valence-corrected chi connectivity index (χ0v) is 19.4. The molecule has 0 bridgehead atoms. The fourth-order valence-electron chi connectivity index (χ4n) is 3.90. The van der Waals surface area contributed by atoms with Gasteiger partial charge in [-0.15, -0.1) is 0 Å². The molecule has 4 aromatic rings. The van der Waals surface area contributed by atoms with Crippen LogP contribution in [0, 0.1) is 0 Å². The lowest BCUT2D eigenvalue weighted by atomic mass is 10.1. The first-order valence-electron chi connectivity index (χ1n) is 11.4. The fraction of sp³-hybridized carbons (Fsp3) is 0.192. The maximum absolute atomic E-state index is 12.5. The van der Waals surface area contributed by atoms with Crippen LogP contribution in [0.3, 0.4) is 0 Å². The van der Waals surface area contributed by atoms with Gasteiger partial charge in [-0.3, -0.25) is 14.6 Å². The van der Waals surface area contributed by atoms with E-state index in [1.165, 1.54) is 0 Å². The highest BCUT2D eigenvalue weighted by atomic mass is 16.5. The van der Waals surface area contributed by atoms with Crippen molar-refractivity contribution >= 4 is 34.2 Å². The Bertz CT molecular complexity index is 1410. The number of benzene rings is 2. The van der Waals surface area contributed by atoms with Gasteiger partial charge in [0.25, 0.3) is 11.8 Å². The molecule has 10 heteroatoms. The fourth-order valence-corrected chi connectivity index (χ4v) is 3.90. The number of amides is 2. The van der Waals surface area contributed by atoms with Crippen molar-refractivity contribution in [3.05, 3.63) is 72.6 Å². The topological polar surface area (TPSA) is 133 Å². The van der Waals surface area contributed by atoms with Crippen LogP contribution in [-0.2, 0) is 9.53 Å². The van der Waals surface area contributed by atoms with E-state index in [1.807, 2.05) is 6.07 Å². The largest absolute Gasteiger partial charge is 0.484 e. The highest BCUT2D eigenvalue weighted by Crippen LogP contribution is 2.31. The average Bonchev–Trinajstić information content (AvgIpc) is 2.93. The van der Waals surface area contributed by atoms with Crippen molar-refractivity contribution in [2.75, 3.05) is 38.2 Å². The lowest BCUT2D eigenvalue weighted by molar-refractivity contribution is -0.137. The molecule has 3 heterocycles. The molecule has 1 fully saturated rings. The minimum Gasteiger partial charge on any atom is -0.484 e. The average molecular weight is 485 g/mol. The number of hydrogen-bond acceptors (Lipinski definition) is 8. The van der Waals surface area contributed by atoms with E-state index >= 15 is 0 Å². The third-order valence-electron chi connectivity index (χ3n) is 5.76. The van der Waals surface area contributed by atoms with Crippen LogP contribution in [0.5, 0.6) is 5.75 Å². The number of fused-ring (bicyclic) bond motifs is 1. The van der Waals surface area contributed by atoms with Gasteiger partial charge in [0.15, 0.2) is 12.4 Å². The Balaban J connectivity index is 1.50. The first-order valence-corrected chi connectivity index (χ1v) is 11.4. The summed E-state index contributed by atoms with van der Waals surface area (Å²) in [6.45, 7) is 2.07. The van der Waals surface area contributed by atoms with Crippen LogP contribution in [0.25, 0.3) is 22.3 Å². The van der Waals surface area contributed by atoms with E-state index in [0.717, 1.165) is 5.56 Å². The number of rotatable bonds is 7. The first-order chi connectivity index (χ1) is 17.6. The second-order valence-electron chi connectivity index (χ2n) is 8.13. The Hall–Kier alpha value is -4.57. The second kappa shape index (κ2) is 10.4. The number of ether oxygens (including phenoxy) is 2. The number of pyridine rings is 1. The predicted octanol–water partition coefficient (Wildman–Crippen LogP) is 2.77. The van der Waals surface area contributed by atoms with Gasteiger partial charge in [-0.05, 0) is 42.5 Å². The van der Waals surface area contributed by atoms with E-state index in [0.29, 0.717) is 65.8 Å². The monoisotopic (exact) mass is 484 g/mol. The summed E-state index contributed by atoms with van der Waals surface area (Å²) in [5, 5.41) is 3.88. The number of carbonyl (C=O) groups excluding carboxylic acids is 2. The number of carbonyl (C=O) groups is 2. The van der Waals surface area contributed by atoms with Crippen LogP contribution in [0.4, 0.5) is 11.5 Å². The molecule has 0 atom stereocenters. The van der Waals surface area contributed by atoms with Gasteiger partial charge in [0.2, 0.25) is 0 Å². The molecule has 3 N–H and O–H groups in total. The third-order valence-corrected chi connectivity index (χ3v) is 5.76. The maximum Gasteiger partial charge on any atom is 0.260 e. The molecule has 0 aliphatic carbocycles. The molecule has 2 amide bonds. The lowest BCUT2D eigenvalue weighted by Crippen LogP contribution is -2.42. The molecule has 2 aromatic heterocycles. The smallest absolute Gasteiger partial charge is 0.260 e.